The predicted octanol–water partition coefficient (Wildman–Crippen LogP) is 3.12. The molecule has 0 aliphatic heterocycles. The Hall–Kier alpha value is -2.05. The van der Waals surface area contributed by atoms with Crippen LogP contribution in [0.4, 0.5) is 13.2 Å². The van der Waals surface area contributed by atoms with E-state index in [2.05, 4.69) is 4.74 Å². The van der Waals surface area contributed by atoms with Crippen molar-refractivity contribution in [3.05, 3.63) is 29.8 Å². The molecule has 0 saturated carbocycles. The van der Waals surface area contributed by atoms with Crippen molar-refractivity contribution in [3.63, 3.8) is 0 Å². The van der Waals surface area contributed by atoms with Crippen molar-refractivity contribution in [1.29, 1.82) is 0 Å². The third kappa shape index (κ3) is 4.25. The fraction of sp³-hybridized carbons (Fsp3) is 0.385. The van der Waals surface area contributed by atoms with Gasteiger partial charge in [-0.2, -0.15) is 0 Å². The summed E-state index contributed by atoms with van der Waals surface area (Å²) < 4.78 is 40.0. The number of carbonyl (C=O) groups is 2. The van der Waals surface area contributed by atoms with Crippen LogP contribution in [0.5, 0.6) is 5.75 Å². The maximum absolute atomic E-state index is 12.1. The van der Waals surface area contributed by atoms with Crippen LogP contribution in [0.1, 0.15) is 24.2 Å². The Bertz CT molecular complexity index is 511. The number of rotatable bonds is 5. The Labute approximate surface area is 113 Å². The third-order valence-electron chi connectivity index (χ3n) is 2.91. The lowest BCUT2D eigenvalue weighted by atomic mass is 9.88. The van der Waals surface area contributed by atoms with Crippen molar-refractivity contribution in [2.24, 2.45) is 11.8 Å². The van der Waals surface area contributed by atoms with Crippen molar-refractivity contribution in [2.75, 3.05) is 0 Å². The normalized spacial score (nSPS) is 14.4. The van der Waals surface area contributed by atoms with Gasteiger partial charge in [-0.25, -0.2) is 0 Å². The Morgan fingerprint density at radius 3 is 2.30 bits per heavy atom. The van der Waals surface area contributed by atoms with Crippen LogP contribution in [0, 0.1) is 11.8 Å². The lowest BCUT2D eigenvalue weighted by Crippen LogP contribution is -2.25. The molecule has 0 aliphatic rings. The van der Waals surface area contributed by atoms with Crippen molar-refractivity contribution in [2.45, 2.75) is 20.2 Å². The Kier molecular flexibility index (Phi) is 4.75. The fourth-order valence-corrected chi connectivity index (χ4v) is 1.55. The van der Waals surface area contributed by atoms with Crippen molar-refractivity contribution in [3.8, 4) is 5.75 Å². The summed E-state index contributed by atoms with van der Waals surface area (Å²) >= 11 is 0. The molecular formula is C13H13F3O4. The maximum Gasteiger partial charge on any atom is 0.573 e. The predicted molar refractivity (Wildman–Crippen MR) is 63.4 cm³/mol. The van der Waals surface area contributed by atoms with Crippen LogP contribution in [0.2, 0.25) is 0 Å². The van der Waals surface area contributed by atoms with Gasteiger partial charge in [0.15, 0.2) is 5.78 Å². The fourth-order valence-electron chi connectivity index (χ4n) is 1.55. The minimum atomic E-state index is -4.85. The van der Waals surface area contributed by atoms with E-state index in [-0.39, 0.29) is 5.56 Å². The van der Waals surface area contributed by atoms with E-state index in [0.717, 1.165) is 12.1 Å². The number of carboxylic acid groups (broad SMARTS) is 1. The Morgan fingerprint density at radius 1 is 1.20 bits per heavy atom. The number of hydrogen-bond acceptors (Lipinski definition) is 3. The molecule has 0 aromatic heterocycles. The molecule has 1 rings (SSSR count). The molecule has 0 heterocycles. The summed E-state index contributed by atoms with van der Waals surface area (Å²) in [7, 11) is 0. The van der Waals surface area contributed by atoms with Crippen LogP contribution in [-0.4, -0.2) is 23.2 Å². The zero-order valence-electron chi connectivity index (χ0n) is 10.8. The summed E-state index contributed by atoms with van der Waals surface area (Å²) in [5, 5.41) is 8.83. The second kappa shape index (κ2) is 5.94. The van der Waals surface area contributed by atoms with Gasteiger partial charge in [-0.15, -0.1) is 13.2 Å². The lowest BCUT2D eigenvalue weighted by molar-refractivity contribution is -0.274. The van der Waals surface area contributed by atoms with Gasteiger partial charge in [0.1, 0.15) is 5.75 Å². The second-order valence-corrected chi connectivity index (χ2v) is 4.36. The molecule has 0 fully saturated rings. The molecule has 0 bridgehead atoms. The number of ether oxygens (including phenoxy) is 1. The van der Waals surface area contributed by atoms with E-state index < -0.39 is 35.7 Å². The molecule has 0 amide bonds. The first-order chi connectivity index (χ1) is 9.11. The van der Waals surface area contributed by atoms with Crippen LogP contribution >= 0.6 is 0 Å². The molecule has 1 aromatic rings. The Morgan fingerprint density at radius 2 is 1.80 bits per heavy atom. The van der Waals surface area contributed by atoms with E-state index in [1.807, 2.05) is 0 Å². The number of halogens is 3. The molecule has 0 saturated heterocycles. The zero-order chi connectivity index (χ0) is 15.5. The summed E-state index contributed by atoms with van der Waals surface area (Å²) in [6.07, 6.45) is -4.85. The van der Waals surface area contributed by atoms with Crippen LogP contribution in [0.15, 0.2) is 24.3 Å². The highest BCUT2D eigenvalue weighted by molar-refractivity contribution is 5.99. The molecule has 7 heteroatoms. The van der Waals surface area contributed by atoms with Crippen molar-refractivity contribution < 1.29 is 32.6 Å². The van der Waals surface area contributed by atoms with E-state index in [4.69, 9.17) is 5.11 Å². The summed E-state index contributed by atoms with van der Waals surface area (Å²) in [6, 6.07) is 4.57. The Balaban J connectivity index is 2.94. The minimum Gasteiger partial charge on any atom is -0.481 e. The number of aliphatic carboxylic acids is 1. The quantitative estimate of drug-likeness (QED) is 0.846. The highest BCUT2D eigenvalue weighted by Crippen LogP contribution is 2.25. The smallest absolute Gasteiger partial charge is 0.481 e. The largest absolute Gasteiger partial charge is 0.573 e. The van der Waals surface area contributed by atoms with Gasteiger partial charge in [0, 0.05) is 11.5 Å². The molecule has 2 atom stereocenters. The van der Waals surface area contributed by atoms with Gasteiger partial charge in [0.2, 0.25) is 0 Å². The zero-order valence-corrected chi connectivity index (χ0v) is 10.8. The van der Waals surface area contributed by atoms with E-state index in [9.17, 15) is 22.8 Å². The van der Waals surface area contributed by atoms with Crippen LogP contribution in [0.3, 0.4) is 0 Å². The molecule has 20 heavy (non-hydrogen) atoms. The van der Waals surface area contributed by atoms with E-state index in [1.165, 1.54) is 26.0 Å². The number of ketones is 1. The standard InChI is InChI=1S/C13H13F3O4/c1-7(8(2)12(18)19)11(17)9-4-3-5-10(6-9)20-13(14,15)16/h3-8H,1-2H3,(H,18,19). The van der Waals surface area contributed by atoms with Gasteiger partial charge in [0.25, 0.3) is 0 Å². The third-order valence-corrected chi connectivity index (χ3v) is 2.91. The molecule has 2 unspecified atom stereocenters. The van der Waals surface area contributed by atoms with E-state index in [1.54, 1.807) is 0 Å². The number of hydrogen-bond donors (Lipinski definition) is 1. The van der Waals surface area contributed by atoms with Crippen LogP contribution < -0.4 is 4.74 Å². The molecule has 1 N–H and O–H groups in total. The van der Waals surface area contributed by atoms with Gasteiger partial charge in [0.05, 0.1) is 5.92 Å². The summed E-state index contributed by atoms with van der Waals surface area (Å²) in [4.78, 5) is 22.8. The summed E-state index contributed by atoms with van der Waals surface area (Å²) in [5.41, 5.74) is -0.0210. The van der Waals surface area contributed by atoms with Gasteiger partial charge in [-0.05, 0) is 12.1 Å². The average Bonchev–Trinajstić information content (AvgIpc) is 2.34. The SMILES string of the molecule is CC(C(=O)O)C(C)C(=O)c1cccc(OC(F)(F)F)c1. The first-order valence-electron chi connectivity index (χ1n) is 5.74. The highest BCUT2D eigenvalue weighted by atomic mass is 19.4. The van der Waals surface area contributed by atoms with Gasteiger partial charge in [-0.1, -0.05) is 26.0 Å². The molecular weight excluding hydrogens is 277 g/mol. The van der Waals surface area contributed by atoms with Crippen molar-refractivity contribution >= 4 is 11.8 Å². The number of benzene rings is 1. The number of carbonyl (C=O) groups excluding carboxylic acids is 1. The second-order valence-electron chi connectivity index (χ2n) is 4.36. The van der Waals surface area contributed by atoms with E-state index in [0.29, 0.717) is 0 Å². The average molecular weight is 290 g/mol. The first-order valence-corrected chi connectivity index (χ1v) is 5.74. The molecule has 110 valence electrons. The minimum absolute atomic E-state index is 0.0210. The summed E-state index contributed by atoms with van der Waals surface area (Å²) in [5.74, 6) is -4.00. The molecule has 4 nitrogen and oxygen atoms in total. The monoisotopic (exact) mass is 290 g/mol. The topological polar surface area (TPSA) is 63.6 Å². The first kappa shape index (κ1) is 16.0. The summed E-state index contributed by atoms with van der Waals surface area (Å²) in [6.45, 7) is 2.78. The lowest BCUT2D eigenvalue weighted by Gasteiger charge is -2.15. The van der Waals surface area contributed by atoms with Gasteiger partial charge < -0.3 is 9.84 Å². The highest BCUT2D eigenvalue weighted by Gasteiger charge is 2.32. The van der Waals surface area contributed by atoms with Crippen LogP contribution in [-0.2, 0) is 4.79 Å². The number of Topliss-reactive ketones (excluding diaryl/α,β-unsaturated/α-hetero) is 1. The van der Waals surface area contributed by atoms with E-state index >= 15 is 0 Å². The van der Waals surface area contributed by atoms with Crippen LogP contribution in [0.25, 0.3) is 0 Å². The molecule has 0 spiro atoms. The van der Waals surface area contributed by atoms with Crippen molar-refractivity contribution in [1.82, 2.24) is 0 Å². The van der Waals surface area contributed by atoms with Gasteiger partial charge in [-0.3, -0.25) is 9.59 Å². The molecule has 1 aromatic carbocycles. The number of carboxylic acids is 1. The van der Waals surface area contributed by atoms with Gasteiger partial charge >= 0.3 is 12.3 Å². The molecule has 0 radical (unpaired) electrons. The molecule has 0 aliphatic carbocycles. The maximum atomic E-state index is 12.1. The number of alkyl halides is 3.